The van der Waals surface area contributed by atoms with Gasteiger partial charge in [-0.1, -0.05) is 57.4 Å². The molecular weight excluding hydrogens is 360 g/mol. The molecule has 0 amide bonds. The molecule has 3 aromatic rings. The van der Waals surface area contributed by atoms with Crippen LogP contribution >= 0.6 is 10.5 Å². The highest BCUT2D eigenvalue weighted by Crippen LogP contribution is 2.52. The van der Waals surface area contributed by atoms with E-state index >= 15 is 0 Å². The fourth-order valence-electron chi connectivity index (χ4n) is 4.40. The van der Waals surface area contributed by atoms with E-state index in [0.29, 0.717) is 5.92 Å². The standard InChI is InChI=1S/C26H31OS/c1-4-5-6-11-16-27-26-19(2)17-21(18-20(26)3)28-24-14-9-7-12-22(24)23-13-8-10-15-25(23)28/h7-10,12-15,17,20H,4-6,11,16,18H2,1-3H3/q+1. The topological polar surface area (TPSA) is 9.23 Å². The normalized spacial score (nSPS) is 17.4. The summed E-state index contributed by atoms with van der Waals surface area (Å²) in [6, 6.07) is 17.9. The Morgan fingerprint density at radius 3 is 2.18 bits per heavy atom. The van der Waals surface area contributed by atoms with E-state index in [2.05, 4.69) is 75.4 Å². The van der Waals surface area contributed by atoms with E-state index in [1.54, 1.807) is 4.91 Å². The molecule has 2 heteroatoms. The maximum atomic E-state index is 6.24. The highest BCUT2D eigenvalue weighted by Gasteiger charge is 2.30. The minimum Gasteiger partial charge on any atom is -0.497 e. The molecule has 1 unspecified atom stereocenters. The third-order valence-electron chi connectivity index (χ3n) is 5.74. The van der Waals surface area contributed by atoms with E-state index in [1.807, 2.05) is 0 Å². The SMILES string of the molecule is CCCCCCOC1=C(C)C=C([s+]2c3ccccc3c3ccccc32)CC1C. The minimum atomic E-state index is 0.0414. The van der Waals surface area contributed by atoms with Crippen LogP contribution in [-0.4, -0.2) is 6.61 Å². The van der Waals surface area contributed by atoms with Crippen molar-refractivity contribution in [3.05, 3.63) is 65.9 Å². The molecule has 0 fully saturated rings. The van der Waals surface area contributed by atoms with Crippen LogP contribution in [0, 0.1) is 5.92 Å². The zero-order chi connectivity index (χ0) is 19.5. The van der Waals surface area contributed by atoms with Crippen molar-refractivity contribution in [2.24, 2.45) is 5.92 Å². The zero-order valence-corrected chi connectivity index (χ0v) is 18.1. The molecule has 1 atom stereocenters. The first-order valence-corrected chi connectivity index (χ1v) is 11.9. The number of fused-ring (bicyclic) bond motifs is 3. The van der Waals surface area contributed by atoms with Crippen LogP contribution in [0.4, 0.5) is 0 Å². The lowest BCUT2D eigenvalue weighted by molar-refractivity contribution is 0.172. The Kier molecular flexibility index (Phi) is 5.87. The molecule has 1 nitrogen and oxygen atoms in total. The molecule has 0 spiro atoms. The zero-order valence-electron chi connectivity index (χ0n) is 17.3. The van der Waals surface area contributed by atoms with Crippen LogP contribution in [0.3, 0.4) is 0 Å². The summed E-state index contributed by atoms with van der Waals surface area (Å²) in [5.74, 6) is 1.67. The second kappa shape index (κ2) is 8.53. The maximum absolute atomic E-state index is 6.24. The van der Waals surface area contributed by atoms with Gasteiger partial charge in [-0.25, -0.2) is 0 Å². The van der Waals surface area contributed by atoms with Crippen LogP contribution in [0.15, 0.2) is 65.9 Å². The molecule has 0 saturated carbocycles. The van der Waals surface area contributed by atoms with Crippen LogP contribution in [0.1, 0.15) is 52.9 Å². The predicted octanol–water partition coefficient (Wildman–Crippen LogP) is 8.49. The van der Waals surface area contributed by atoms with E-state index in [9.17, 15) is 0 Å². The monoisotopic (exact) mass is 391 g/mol. The van der Waals surface area contributed by atoms with Gasteiger partial charge in [0.2, 0.25) is 0 Å². The summed E-state index contributed by atoms with van der Waals surface area (Å²) < 4.78 is 9.21. The Labute approximate surface area is 171 Å². The van der Waals surface area contributed by atoms with Crippen molar-refractivity contribution in [1.29, 1.82) is 0 Å². The maximum Gasteiger partial charge on any atom is 0.187 e. The first-order valence-electron chi connectivity index (χ1n) is 10.7. The van der Waals surface area contributed by atoms with E-state index in [1.165, 1.54) is 57.2 Å². The van der Waals surface area contributed by atoms with Gasteiger partial charge in [-0.2, -0.15) is 0 Å². The van der Waals surface area contributed by atoms with Gasteiger partial charge in [-0.15, -0.1) is 0 Å². The Balaban J connectivity index is 1.69. The molecule has 1 aromatic heterocycles. The van der Waals surface area contributed by atoms with Crippen LogP contribution in [0.25, 0.3) is 25.1 Å². The van der Waals surface area contributed by atoms with Crippen molar-refractivity contribution in [3.8, 4) is 0 Å². The van der Waals surface area contributed by atoms with Crippen molar-refractivity contribution in [2.45, 2.75) is 52.9 Å². The van der Waals surface area contributed by atoms with Gasteiger partial charge < -0.3 is 4.74 Å². The Bertz CT molecular complexity index is 984. The van der Waals surface area contributed by atoms with Crippen molar-refractivity contribution in [1.82, 2.24) is 0 Å². The highest BCUT2D eigenvalue weighted by molar-refractivity contribution is 7.53. The number of hydrogen-bond donors (Lipinski definition) is 0. The molecule has 28 heavy (non-hydrogen) atoms. The Morgan fingerprint density at radius 1 is 0.929 bits per heavy atom. The van der Waals surface area contributed by atoms with Gasteiger partial charge in [0.05, 0.1) is 6.61 Å². The Hall–Kier alpha value is -2.06. The van der Waals surface area contributed by atoms with Crippen LogP contribution in [-0.2, 0) is 4.74 Å². The van der Waals surface area contributed by atoms with Gasteiger partial charge in [0, 0.05) is 39.7 Å². The van der Waals surface area contributed by atoms with E-state index in [4.69, 9.17) is 4.74 Å². The minimum absolute atomic E-state index is 0.0414. The molecule has 0 radical (unpaired) electrons. The Morgan fingerprint density at radius 2 is 1.57 bits per heavy atom. The molecule has 4 rings (SSSR count). The lowest BCUT2D eigenvalue weighted by atomic mass is 9.96. The molecule has 0 N–H and O–H groups in total. The molecule has 146 valence electrons. The first kappa shape index (κ1) is 19.3. The number of benzene rings is 2. The molecule has 1 heterocycles. The smallest absolute Gasteiger partial charge is 0.187 e. The number of thiophene rings is 1. The lowest BCUT2D eigenvalue weighted by Crippen LogP contribution is -2.10. The molecule has 0 bridgehead atoms. The number of allylic oxidation sites excluding steroid dienone is 4. The number of rotatable bonds is 7. The summed E-state index contributed by atoms with van der Waals surface area (Å²) in [6.45, 7) is 7.67. The van der Waals surface area contributed by atoms with Crippen LogP contribution in [0.2, 0.25) is 0 Å². The summed E-state index contributed by atoms with van der Waals surface area (Å²) in [5.41, 5.74) is 1.32. The average molecular weight is 392 g/mol. The van der Waals surface area contributed by atoms with Crippen LogP contribution in [0.5, 0.6) is 0 Å². The van der Waals surface area contributed by atoms with Gasteiger partial charge in [0.25, 0.3) is 0 Å². The summed E-state index contributed by atoms with van der Waals surface area (Å²) in [4.78, 5) is 1.56. The third kappa shape index (κ3) is 3.63. The summed E-state index contributed by atoms with van der Waals surface area (Å²) in [6.07, 6.45) is 8.53. The van der Waals surface area contributed by atoms with Crippen LogP contribution < -0.4 is 0 Å². The van der Waals surface area contributed by atoms with Gasteiger partial charge >= 0.3 is 0 Å². The number of unbranched alkanes of at least 4 members (excludes halogenated alkanes) is 3. The highest BCUT2D eigenvalue weighted by atomic mass is 32.2. The van der Waals surface area contributed by atoms with Crippen molar-refractivity contribution >= 4 is 35.5 Å². The second-order valence-electron chi connectivity index (χ2n) is 7.97. The number of ether oxygens (including phenoxy) is 1. The molecular formula is C26H31OS+. The van der Waals surface area contributed by atoms with Crippen molar-refractivity contribution < 1.29 is 4.74 Å². The molecule has 1 aliphatic rings. The summed E-state index contributed by atoms with van der Waals surface area (Å²) in [7, 11) is 0.0414. The van der Waals surface area contributed by atoms with E-state index in [-0.39, 0.29) is 10.5 Å². The lowest BCUT2D eigenvalue weighted by Gasteiger charge is -2.22. The van der Waals surface area contributed by atoms with Crippen molar-refractivity contribution in [2.75, 3.05) is 6.61 Å². The van der Waals surface area contributed by atoms with Gasteiger partial charge in [0.1, 0.15) is 5.76 Å². The predicted molar refractivity (Wildman–Crippen MR) is 125 cm³/mol. The molecule has 2 aromatic carbocycles. The molecule has 0 aliphatic heterocycles. The van der Waals surface area contributed by atoms with Gasteiger partial charge in [-0.05, 0) is 43.2 Å². The van der Waals surface area contributed by atoms with Gasteiger partial charge in [-0.3, -0.25) is 0 Å². The van der Waals surface area contributed by atoms with E-state index in [0.717, 1.165) is 13.0 Å². The quantitative estimate of drug-likeness (QED) is 0.290. The van der Waals surface area contributed by atoms with E-state index < -0.39 is 0 Å². The average Bonchev–Trinajstić information content (AvgIpc) is 3.04. The second-order valence-corrected chi connectivity index (χ2v) is 9.99. The largest absolute Gasteiger partial charge is 0.497 e. The number of hydrogen-bond acceptors (Lipinski definition) is 1. The third-order valence-corrected chi connectivity index (χ3v) is 8.14. The van der Waals surface area contributed by atoms with Crippen molar-refractivity contribution in [3.63, 3.8) is 0 Å². The molecule has 1 aliphatic carbocycles. The fourth-order valence-corrected chi connectivity index (χ4v) is 7.14. The summed E-state index contributed by atoms with van der Waals surface area (Å²) >= 11 is 0. The fraction of sp³-hybridized carbons (Fsp3) is 0.385. The summed E-state index contributed by atoms with van der Waals surface area (Å²) in [5, 5.41) is 2.82. The van der Waals surface area contributed by atoms with Gasteiger partial charge in [0.15, 0.2) is 14.3 Å². The molecule has 0 saturated heterocycles. The first-order chi connectivity index (χ1) is 13.7.